The molecule has 0 aliphatic carbocycles. The summed E-state index contributed by atoms with van der Waals surface area (Å²) in [6.07, 6.45) is 4.05. The zero-order chi connectivity index (χ0) is 10.5. The number of hydroxylamine groups is 2. The van der Waals surface area contributed by atoms with Gasteiger partial charge in [0.1, 0.15) is 6.10 Å². The fourth-order valence-electron chi connectivity index (χ4n) is 1.98. The highest BCUT2D eigenvalue weighted by Crippen LogP contribution is 2.20. The fraction of sp³-hybridized carbons (Fsp3) is 0.538. The maximum absolute atomic E-state index is 5.91. The molecule has 82 valence electrons. The molecule has 1 saturated heterocycles. The molecule has 1 aliphatic rings. The van der Waals surface area contributed by atoms with Crippen molar-refractivity contribution in [1.29, 1.82) is 0 Å². The molecule has 0 aromatic heterocycles. The van der Waals surface area contributed by atoms with Crippen LogP contribution in [0.3, 0.4) is 0 Å². The third-order valence-corrected chi connectivity index (χ3v) is 2.89. The van der Waals surface area contributed by atoms with Gasteiger partial charge in [-0.05, 0) is 25.3 Å². The molecule has 1 atom stereocenters. The molecule has 1 unspecified atom stereocenters. The lowest BCUT2D eigenvalue weighted by Crippen LogP contribution is -2.30. The highest BCUT2D eigenvalue weighted by atomic mass is 16.7. The summed E-state index contributed by atoms with van der Waals surface area (Å²) in [4.78, 5) is 5.91. The summed E-state index contributed by atoms with van der Waals surface area (Å²) in [5.41, 5.74) is 1.25. The highest BCUT2D eigenvalue weighted by molar-refractivity contribution is 5.16. The van der Waals surface area contributed by atoms with Crippen molar-refractivity contribution in [2.75, 3.05) is 13.1 Å². The summed E-state index contributed by atoms with van der Waals surface area (Å²) in [5, 5.41) is 2.11. The Balaban J connectivity index is 1.88. The van der Waals surface area contributed by atoms with Gasteiger partial charge >= 0.3 is 0 Å². The Hall–Kier alpha value is -0.860. The smallest absolute Gasteiger partial charge is 0.101 e. The van der Waals surface area contributed by atoms with Crippen LogP contribution in [0.25, 0.3) is 0 Å². The Bertz CT molecular complexity index is 280. The second-order valence-electron chi connectivity index (χ2n) is 4.15. The first-order valence-electron chi connectivity index (χ1n) is 5.83. The average molecular weight is 205 g/mol. The number of nitrogens with zero attached hydrogens (tertiary/aromatic N) is 1. The summed E-state index contributed by atoms with van der Waals surface area (Å²) >= 11 is 0. The molecular formula is C13H19NO. The summed E-state index contributed by atoms with van der Waals surface area (Å²) in [5.74, 6) is 0. The number of piperidine rings is 1. The number of benzene rings is 1. The summed E-state index contributed by atoms with van der Waals surface area (Å²) in [7, 11) is 0. The van der Waals surface area contributed by atoms with Crippen LogP contribution in [0.1, 0.15) is 37.9 Å². The van der Waals surface area contributed by atoms with Crippen molar-refractivity contribution < 1.29 is 4.84 Å². The van der Waals surface area contributed by atoms with Crippen LogP contribution in [-0.2, 0) is 4.84 Å². The molecule has 1 aromatic rings. The molecule has 0 saturated carbocycles. The zero-order valence-corrected chi connectivity index (χ0v) is 9.36. The Morgan fingerprint density at radius 3 is 2.40 bits per heavy atom. The molecule has 1 aliphatic heterocycles. The van der Waals surface area contributed by atoms with E-state index in [1.807, 2.05) is 6.07 Å². The predicted octanol–water partition coefficient (Wildman–Crippen LogP) is 3.17. The van der Waals surface area contributed by atoms with Crippen LogP contribution in [0.5, 0.6) is 0 Å². The van der Waals surface area contributed by atoms with E-state index in [9.17, 15) is 0 Å². The van der Waals surface area contributed by atoms with Gasteiger partial charge in [-0.25, -0.2) is 0 Å². The van der Waals surface area contributed by atoms with Crippen molar-refractivity contribution >= 4 is 0 Å². The Morgan fingerprint density at radius 2 is 1.73 bits per heavy atom. The molecular weight excluding hydrogens is 186 g/mol. The fourth-order valence-corrected chi connectivity index (χ4v) is 1.98. The average Bonchev–Trinajstić information content (AvgIpc) is 2.31. The van der Waals surface area contributed by atoms with E-state index in [4.69, 9.17) is 4.84 Å². The van der Waals surface area contributed by atoms with Gasteiger partial charge in [0, 0.05) is 13.1 Å². The van der Waals surface area contributed by atoms with Crippen molar-refractivity contribution in [1.82, 2.24) is 5.06 Å². The van der Waals surface area contributed by atoms with Crippen LogP contribution >= 0.6 is 0 Å². The van der Waals surface area contributed by atoms with E-state index in [2.05, 4.69) is 36.3 Å². The maximum atomic E-state index is 5.91. The molecule has 1 fully saturated rings. The molecule has 1 aromatic carbocycles. The van der Waals surface area contributed by atoms with Gasteiger partial charge in [0.15, 0.2) is 0 Å². The summed E-state index contributed by atoms with van der Waals surface area (Å²) in [6.45, 7) is 4.28. The highest BCUT2D eigenvalue weighted by Gasteiger charge is 2.14. The Labute approximate surface area is 91.8 Å². The Kier molecular flexibility index (Phi) is 3.75. The van der Waals surface area contributed by atoms with Gasteiger partial charge < -0.3 is 0 Å². The zero-order valence-electron chi connectivity index (χ0n) is 9.36. The largest absolute Gasteiger partial charge is 0.291 e. The number of hydrogen-bond acceptors (Lipinski definition) is 2. The quantitative estimate of drug-likeness (QED) is 0.751. The minimum absolute atomic E-state index is 0.171. The second-order valence-corrected chi connectivity index (χ2v) is 4.15. The van der Waals surface area contributed by atoms with Gasteiger partial charge in [0.05, 0.1) is 0 Å². The molecule has 2 heteroatoms. The van der Waals surface area contributed by atoms with E-state index in [1.54, 1.807) is 0 Å². The maximum Gasteiger partial charge on any atom is 0.101 e. The molecule has 0 bridgehead atoms. The van der Waals surface area contributed by atoms with Gasteiger partial charge in [-0.3, -0.25) is 4.84 Å². The van der Waals surface area contributed by atoms with E-state index >= 15 is 0 Å². The topological polar surface area (TPSA) is 12.5 Å². The summed E-state index contributed by atoms with van der Waals surface area (Å²) < 4.78 is 0. The lowest BCUT2D eigenvalue weighted by Gasteiger charge is -2.28. The molecule has 0 radical (unpaired) electrons. The predicted molar refractivity (Wildman–Crippen MR) is 61.4 cm³/mol. The third kappa shape index (κ3) is 3.05. The number of rotatable bonds is 3. The van der Waals surface area contributed by atoms with Crippen LogP contribution in [0.15, 0.2) is 30.3 Å². The van der Waals surface area contributed by atoms with Gasteiger partial charge in [-0.1, -0.05) is 36.8 Å². The Morgan fingerprint density at radius 1 is 1.07 bits per heavy atom. The van der Waals surface area contributed by atoms with Crippen LogP contribution in [0, 0.1) is 0 Å². The van der Waals surface area contributed by atoms with Gasteiger partial charge in [0.2, 0.25) is 0 Å². The first-order valence-corrected chi connectivity index (χ1v) is 5.83. The van der Waals surface area contributed by atoms with E-state index in [-0.39, 0.29) is 6.10 Å². The number of hydrogen-bond donors (Lipinski definition) is 0. The second kappa shape index (κ2) is 5.29. The van der Waals surface area contributed by atoms with Crippen LogP contribution < -0.4 is 0 Å². The lowest BCUT2D eigenvalue weighted by atomic mass is 10.1. The van der Waals surface area contributed by atoms with Gasteiger partial charge in [-0.2, -0.15) is 5.06 Å². The van der Waals surface area contributed by atoms with Crippen LogP contribution in [0.2, 0.25) is 0 Å². The van der Waals surface area contributed by atoms with E-state index in [1.165, 1.54) is 24.8 Å². The molecule has 2 rings (SSSR count). The van der Waals surface area contributed by atoms with Crippen molar-refractivity contribution in [3.8, 4) is 0 Å². The lowest BCUT2D eigenvalue weighted by molar-refractivity contribution is -0.203. The van der Waals surface area contributed by atoms with Crippen LogP contribution in [-0.4, -0.2) is 18.2 Å². The van der Waals surface area contributed by atoms with Gasteiger partial charge in [0.25, 0.3) is 0 Å². The molecule has 15 heavy (non-hydrogen) atoms. The standard InChI is InChI=1S/C13H19NO/c1-12(13-8-4-2-5-9-13)15-14-10-6-3-7-11-14/h2,4-5,8-9,12H,3,6-7,10-11H2,1H3. The minimum Gasteiger partial charge on any atom is -0.291 e. The van der Waals surface area contributed by atoms with Crippen molar-refractivity contribution in [2.45, 2.75) is 32.3 Å². The van der Waals surface area contributed by atoms with Crippen molar-refractivity contribution in [2.24, 2.45) is 0 Å². The van der Waals surface area contributed by atoms with Gasteiger partial charge in [-0.15, -0.1) is 0 Å². The third-order valence-electron chi connectivity index (χ3n) is 2.89. The van der Waals surface area contributed by atoms with Crippen molar-refractivity contribution in [3.05, 3.63) is 35.9 Å². The normalized spacial score (nSPS) is 20.1. The minimum atomic E-state index is 0.171. The molecule has 0 spiro atoms. The van der Waals surface area contributed by atoms with Crippen molar-refractivity contribution in [3.63, 3.8) is 0 Å². The first-order chi connectivity index (χ1) is 7.36. The SMILES string of the molecule is CC(ON1CCCCC1)c1ccccc1. The van der Waals surface area contributed by atoms with E-state index in [0.717, 1.165) is 13.1 Å². The molecule has 0 amide bonds. The molecule has 1 heterocycles. The summed E-state index contributed by atoms with van der Waals surface area (Å²) in [6, 6.07) is 10.4. The van der Waals surface area contributed by atoms with Crippen LogP contribution in [0.4, 0.5) is 0 Å². The molecule has 0 N–H and O–H groups in total. The van der Waals surface area contributed by atoms with E-state index < -0.39 is 0 Å². The molecule has 2 nitrogen and oxygen atoms in total. The monoisotopic (exact) mass is 205 g/mol. The van der Waals surface area contributed by atoms with E-state index in [0.29, 0.717) is 0 Å². The first kappa shape index (κ1) is 10.7.